The first-order valence-electron chi connectivity index (χ1n) is 10.7. The summed E-state index contributed by atoms with van der Waals surface area (Å²) in [5, 5.41) is 18.7. The Labute approximate surface area is 229 Å². The largest absolute Gasteiger partial charge is 0.416 e. The molecule has 1 N–H and O–H groups in total. The SMILES string of the molecule is O=[N+]([O-])c1cc(C(F)(F)F)ccc1S(=O)(=O)NCC1=NN(c2ccc(Cl)cc2Cl)C(c2ccc(Cl)cc2)C1. The molecule has 0 saturated heterocycles. The number of nitro groups is 1. The highest BCUT2D eigenvalue weighted by atomic mass is 35.5. The van der Waals surface area contributed by atoms with Crippen LogP contribution >= 0.6 is 34.8 Å². The standard InChI is InChI=1S/C23H16Cl3F3N4O4S/c24-15-4-1-13(2-5-15)20-11-17(31-32(20)19-7-6-16(25)10-18(19)26)12-30-38(36,37)22-8-3-14(23(27,28)29)9-21(22)33(34)35/h1-10,20,30H,11-12H2. The Morgan fingerprint density at radius 3 is 2.29 bits per heavy atom. The van der Waals surface area contributed by atoms with Crippen molar-refractivity contribution in [1.29, 1.82) is 0 Å². The predicted molar refractivity (Wildman–Crippen MR) is 138 cm³/mol. The molecular weight excluding hydrogens is 592 g/mol. The topological polar surface area (TPSA) is 105 Å². The van der Waals surface area contributed by atoms with E-state index in [1.807, 2.05) is 0 Å². The summed E-state index contributed by atoms with van der Waals surface area (Å²) in [6, 6.07) is 12.5. The fourth-order valence-corrected chi connectivity index (χ4v) is 5.62. The van der Waals surface area contributed by atoms with Crippen LogP contribution in [0.2, 0.25) is 15.1 Å². The zero-order chi connectivity index (χ0) is 27.8. The number of halogens is 6. The number of rotatable bonds is 7. The second-order valence-electron chi connectivity index (χ2n) is 8.14. The lowest BCUT2D eigenvalue weighted by atomic mass is 10.0. The van der Waals surface area contributed by atoms with Crippen molar-refractivity contribution in [3.63, 3.8) is 0 Å². The molecule has 0 radical (unpaired) electrons. The summed E-state index contributed by atoms with van der Waals surface area (Å²) < 4.78 is 67.0. The molecule has 1 atom stereocenters. The number of hydrogen-bond acceptors (Lipinski definition) is 6. The summed E-state index contributed by atoms with van der Waals surface area (Å²) in [5.74, 6) is 0. The van der Waals surface area contributed by atoms with Crippen molar-refractivity contribution in [2.24, 2.45) is 5.10 Å². The van der Waals surface area contributed by atoms with Crippen molar-refractivity contribution < 1.29 is 26.5 Å². The minimum atomic E-state index is -4.89. The minimum Gasteiger partial charge on any atom is -0.258 e. The van der Waals surface area contributed by atoms with Crippen LogP contribution in [0.4, 0.5) is 24.5 Å². The summed E-state index contributed by atoms with van der Waals surface area (Å²) in [6.07, 6.45) is -4.65. The number of nitro benzene ring substituents is 1. The van der Waals surface area contributed by atoms with Gasteiger partial charge in [-0.2, -0.15) is 18.3 Å². The van der Waals surface area contributed by atoms with E-state index in [0.29, 0.717) is 38.6 Å². The second-order valence-corrected chi connectivity index (χ2v) is 11.2. The fourth-order valence-electron chi connectivity index (χ4n) is 3.83. The molecule has 8 nitrogen and oxygen atoms in total. The Kier molecular flexibility index (Phi) is 7.91. The number of hydrazone groups is 1. The van der Waals surface area contributed by atoms with Gasteiger partial charge in [0.2, 0.25) is 10.0 Å². The Balaban J connectivity index is 1.64. The monoisotopic (exact) mass is 606 g/mol. The van der Waals surface area contributed by atoms with Crippen LogP contribution < -0.4 is 9.73 Å². The maximum absolute atomic E-state index is 13.0. The van der Waals surface area contributed by atoms with Gasteiger partial charge >= 0.3 is 6.18 Å². The molecule has 0 aromatic heterocycles. The van der Waals surface area contributed by atoms with E-state index >= 15 is 0 Å². The average Bonchev–Trinajstić information content (AvgIpc) is 3.26. The van der Waals surface area contributed by atoms with Crippen molar-refractivity contribution in [1.82, 2.24) is 4.72 Å². The smallest absolute Gasteiger partial charge is 0.258 e. The molecule has 15 heteroatoms. The molecule has 1 heterocycles. The molecule has 0 bridgehead atoms. The van der Waals surface area contributed by atoms with Crippen LogP contribution in [0.15, 0.2) is 70.7 Å². The van der Waals surface area contributed by atoms with Gasteiger partial charge in [0.15, 0.2) is 4.90 Å². The van der Waals surface area contributed by atoms with Gasteiger partial charge in [0.05, 0.1) is 39.5 Å². The normalized spacial score (nSPS) is 16.0. The molecule has 1 aliphatic rings. The molecule has 38 heavy (non-hydrogen) atoms. The van der Waals surface area contributed by atoms with Gasteiger partial charge in [-0.1, -0.05) is 46.9 Å². The van der Waals surface area contributed by atoms with Crippen LogP contribution in [-0.4, -0.2) is 25.6 Å². The van der Waals surface area contributed by atoms with Gasteiger partial charge < -0.3 is 0 Å². The summed E-state index contributed by atoms with van der Waals surface area (Å²) in [5.41, 5.74) is -0.916. The van der Waals surface area contributed by atoms with Gasteiger partial charge in [-0.3, -0.25) is 15.1 Å². The van der Waals surface area contributed by atoms with Gasteiger partial charge in [-0.15, -0.1) is 0 Å². The zero-order valence-electron chi connectivity index (χ0n) is 18.9. The first kappa shape index (κ1) is 28.1. The summed E-state index contributed by atoms with van der Waals surface area (Å²) in [4.78, 5) is 9.29. The molecule has 3 aromatic rings. The van der Waals surface area contributed by atoms with E-state index in [1.165, 1.54) is 6.07 Å². The van der Waals surface area contributed by atoms with Gasteiger partial charge in [0.1, 0.15) is 0 Å². The van der Waals surface area contributed by atoms with E-state index in [2.05, 4.69) is 9.82 Å². The Morgan fingerprint density at radius 1 is 1.03 bits per heavy atom. The van der Waals surface area contributed by atoms with Crippen LogP contribution in [0.1, 0.15) is 23.6 Å². The third-order valence-corrected chi connectivity index (χ3v) is 7.86. The maximum Gasteiger partial charge on any atom is 0.416 e. The van der Waals surface area contributed by atoms with Crippen LogP contribution in [-0.2, 0) is 16.2 Å². The maximum atomic E-state index is 13.0. The van der Waals surface area contributed by atoms with Crippen molar-refractivity contribution in [2.75, 3.05) is 11.6 Å². The molecule has 0 aliphatic carbocycles. The number of nitrogens with one attached hydrogen (secondary N) is 1. The molecule has 0 amide bonds. The zero-order valence-corrected chi connectivity index (χ0v) is 22.0. The van der Waals surface area contributed by atoms with Gasteiger partial charge in [-0.25, -0.2) is 13.1 Å². The quantitative estimate of drug-likeness (QED) is 0.233. The van der Waals surface area contributed by atoms with Crippen LogP contribution in [0, 0.1) is 10.1 Å². The number of alkyl halides is 3. The first-order valence-corrected chi connectivity index (χ1v) is 13.3. The highest BCUT2D eigenvalue weighted by Gasteiger charge is 2.36. The third-order valence-electron chi connectivity index (χ3n) is 5.62. The van der Waals surface area contributed by atoms with E-state index in [-0.39, 0.29) is 19.0 Å². The van der Waals surface area contributed by atoms with Gasteiger partial charge in [-0.05, 0) is 48.0 Å². The first-order chi connectivity index (χ1) is 17.8. The molecule has 0 saturated carbocycles. The Bertz CT molecular complexity index is 1530. The lowest BCUT2D eigenvalue weighted by Gasteiger charge is -2.25. The van der Waals surface area contributed by atoms with E-state index < -0.39 is 43.3 Å². The predicted octanol–water partition coefficient (Wildman–Crippen LogP) is 6.86. The van der Waals surface area contributed by atoms with Crippen molar-refractivity contribution >= 4 is 61.9 Å². The average molecular weight is 608 g/mol. The van der Waals surface area contributed by atoms with Gasteiger partial charge in [0, 0.05) is 22.5 Å². The third kappa shape index (κ3) is 6.05. The van der Waals surface area contributed by atoms with E-state index in [4.69, 9.17) is 34.8 Å². The molecule has 1 aliphatic heterocycles. The lowest BCUT2D eigenvalue weighted by Crippen LogP contribution is -2.30. The summed E-state index contributed by atoms with van der Waals surface area (Å²) in [7, 11) is -4.59. The Morgan fingerprint density at radius 2 is 1.68 bits per heavy atom. The van der Waals surface area contributed by atoms with Crippen LogP contribution in [0.25, 0.3) is 0 Å². The van der Waals surface area contributed by atoms with E-state index in [0.717, 1.165) is 5.56 Å². The number of nitrogens with zero attached hydrogens (tertiary/aromatic N) is 3. The van der Waals surface area contributed by atoms with Gasteiger partial charge in [0.25, 0.3) is 5.69 Å². The number of sulfonamides is 1. The molecule has 1 unspecified atom stereocenters. The van der Waals surface area contributed by atoms with Crippen LogP contribution in [0.5, 0.6) is 0 Å². The molecule has 200 valence electrons. The number of benzene rings is 3. The van der Waals surface area contributed by atoms with E-state index in [9.17, 15) is 31.7 Å². The number of anilines is 1. The molecule has 0 fully saturated rings. The lowest BCUT2D eigenvalue weighted by molar-refractivity contribution is -0.388. The highest BCUT2D eigenvalue weighted by molar-refractivity contribution is 7.89. The highest BCUT2D eigenvalue weighted by Crippen LogP contribution is 2.40. The summed E-state index contributed by atoms with van der Waals surface area (Å²) in [6.45, 7) is -0.369. The molecule has 4 rings (SSSR count). The summed E-state index contributed by atoms with van der Waals surface area (Å²) >= 11 is 18.4. The van der Waals surface area contributed by atoms with Crippen molar-refractivity contribution in [3.05, 3.63) is 97.0 Å². The minimum absolute atomic E-state index is 0.183. The molecule has 0 spiro atoms. The van der Waals surface area contributed by atoms with Crippen molar-refractivity contribution in [3.8, 4) is 0 Å². The molecular formula is C23H16Cl3F3N4O4S. The number of hydrogen-bond donors (Lipinski definition) is 1. The Hall–Kier alpha value is -2.90. The van der Waals surface area contributed by atoms with Crippen LogP contribution in [0.3, 0.4) is 0 Å². The van der Waals surface area contributed by atoms with E-state index in [1.54, 1.807) is 41.4 Å². The second kappa shape index (κ2) is 10.7. The molecule has 3 aromatic carbocycles. The fraction of sp³-hybridized carbons (Fsp3) is 0.174. The van der Waals surface area contributed by atoms with Crippen molar-refractivity contribution in [2.45, 2.75) is 23.5 Å².